The molecule has 1 saturated heterocycles. The highest BCUT2D eigenvalue weighted by molar-refractivity contribution is 6.32. The van der Waals surface area contributed by atoms with Crippen LogP contribution in [0.25, 0.3) is 0 Å². The van der Waals surface area contributed by atoms with Crippen molar-refractivity contribution >= 4 is 29.9 Å². The fourth-order valence-electron chi connectivity index (χ4n) is 2.59. The van der Waals surface area contributed by atoms with Gasteiger partial charge in [-0.25, -0.2) is 0 Å². The zero-order valence-electron chi connectivity index (χ0n) is 11.6. The number of carbonyl (C=O) groups is 1. The molecule has 1 aromatic carbocycles. The summed E-state index contributed by atoms with van der Waals surface area (Å²) in [5, 5.41) is 6.81. The van der Waals surface area contributed by atoms with Crippen LogP contribution in [0.3, 0.4) is 0 Å². The van der Waals surface area contributed by atoms with Crippen molar-refractivity contribution in [3.63, 3.8) is 0 Å². The molecule has 7 heteroatoms. The summed E-state index contributed by atoms with van der Waals surface area (Å²) in [7, 11) is 0. The van der Waals surface area contributed by atoms with Crippen molar-refractivity contribution in [3.05, 3.63) is 22.7 Å². The van der Waals surface area contributed by atoms with E-state index < -0.39 is 0 Å². The van der Waals surface area contributed by atoms with E-state index in [-0.39, 0.29) is 37.2 Å². The molecule has 0 bridgehead atoms. The first-order chi connectivity index (χ1) is 9.65. The predicted molar refractivity (Wildman–Crippen MR) is 82.8 cm³/mol. The van der Waals surface area contributed by atoms with Crippen molar-refractivity contribution in [2.24, 2.45) is 0 Å². The zero-order chi connectivity index (χ0) is 14.1. The van der Waals surface area contributed by atoms with Crippen molar-refractivity contribution in [3.8, 4) is 11.5 Å². The average Bonchev–Trinajstić information content (AvgIpc) is 2.90. The van der Waals surface area contributed by atoms with Gasteiger partial charge in [0.2, 0.25) is 6.79 Å². The van der Waals surface area contributed by atoms with Gasteiger partial charge in [-0.3, -0.25) is 4.79 Å². The molecule has 5 nitrogen and oxygen atoms in total. The normalized spacial score (nSPS) is 23.3. The maximum atomic E-state index is 12.3. The van der Waals surface area contributed by atoms with E-state index >= 15 is 0 Å². The maximum absolute atomic E-state index is 12.3. The molecule has 2 atom stereocenters. The van der Waals surface area contributed by atoms with Crippen LogP contribution in [0.2, 0.25) is 5.02 Å². The van der Waals surface area contributed by atoms with Gasteiger partial charge in [0.15, 0.2) is 11.5 Å². The van der Waals surface area contributed by atoms with E-state index in [9.17, 15) is 4.79 Å². The second-order valence-electron chi connectivity index (χ2n) is 5.16. The van der Waals surface area contributed by atoms with E-state index in [4.69, 9.17) is 21.1 Å². The van der Waals surface area contributed by atoms with Crippen LogP contribution in [0, 0.1) is 0 Å². The van der Waals surface area contributed by atoms with Gasteiger partial charge in [0.25, 0.3) is 5.91 Å². The van der Waals surface area contributed by atoms with Crippen LogP contribution in [-0.2, 0) is 0 Å². The van der Waals surface area contributed by atoms with Gasteiger partial charge in [0.1, 0.15) is 0 Å². The fraction of sp³-hybridized carbons (Fsp3) is 0.500. The number of benzene rings is 1. The molecular weight excluding hydrogens is 315 g/mol. The first-order valence-corrected chi connectivity index (χ1v) is 7.16. The van der Waals surface area contributed by atoms with Gasteiger partial charge in [-0.1, -0.05) is 11.6 Å². The van der Waals surface area contributed by atoms with Gasteiger partial charge in [-0.15, -0.1) is 12.4 Å². The van der Waals surface area contributed by atoms with Crippen LogP contribution >= 0.6 is 24.0 Å². The number of piperidine rings is 1. The number of hydrogen-bond donors (Lipinski definition) is 2. The van der Waals surface area contributed by atoms with E-state index in [0.717, 1.165) is 19.4 Å². The Kier molecular flexibility index (Phi) is 5.19. The molecule has 21 heavy (non-hydrogen) atoms. The summed E-state index contributed by atoms with van der Waals surface area (Å²) in [5.74, 6) is 0.902. The van der Waals surface area contributed by atoms with E-state index in [2.05, 4.69) is 17.6 Å². The molecule has 0 saturated carbocycles. The van der Waals surface area contributed by atoms with E-state index in [1.54, 1.807) is 12.1 Å². The fourth-order valence-corrected chi connectivity index (χ4v) is 2.86. The lowest BCUT2D eigenvalue weighted by Crippen LogP contribution is -2.51. The lowest BCUT2D eigenvalue weighted by atomic mass is 9.99. The highest BCUT2D eigenvalue weighted by atomic mass is 35.5. The average molecular weight is 333 g/mol. The molecule has 0 aromatic heterocycles. The summed E-state index contributed by atoms with van der Waals surface area (Å²) in [4.78, 5) is 12.3. The van der Waals surface area contributed by atoms with E-state index in [1.807, 2.05) is 0 Å². The quantitative estimate of drug-likeness (QED) is 0.872. The molecule has 1 amide bonds. The standard InChI is InChI=1S/C14H17ClN2O3.ClH/c1-8-11(3-2-4-16-8)17-14(18)9-5-10(15)13-12(6-9)19-7-20-13;/h5-6,8,11,16H,2-4,7H2,1H3,(H,17,18);1H. The Morgan fingerprint density at radius 2 is 2.24 bits per heavy atom. The Morgan fingerprint density at radius 1 is 1.43 bits per heavy atom. The monoisotopic (exact) mass is 332 g/mol. The summed E-state index contributed by atoms with van der Waals surface area (Å²) < 4.78 is 10.5. The topological polar surface area (TPSA) is 59.6 Å². The Hall–Kier alpha value is -1.17. The highest BCUT2D eigenvalue weighted by Crippen LogP contribution is 2.39. The van der Waals surface area contributed by atoms with E-state index in [1.165, 1.54) is 0 Å². The number of carbonyl (C=O) groups excluding carboxylic acids is 1. The molecule has 2 heterocycles. The molecular formula is C14H18Cl2N2O3. The smallest absolute Gasteiger partial charge is 0.251 e. The first-order valence-electron chi connectivity index (χ1n) is 6.78. The van der Waals surface area contributed by atoms with Crippen LogP contribution in [0.4, 0.5) is 0 Å². The minimum absolute atomic E-state index is 0. The third kappa shape index (κ3) is 3.36. The van der Waals surface area contributed by atoms with Gasteiger partial charge in [-0.2, -0.15) is 0 Å². The second kappa shape index (κ2) is 6.73. The minimum Gasteiger partial charge on any atom is -0.454 e. The number of halogens is 2. The molecule has 1 fully saturated rings. The SMILES string of the molecule is CC1NCCCC1NC(=O)c1cc(Cl)c2c(c1)OCO2.Cl. The third-order valence-electron chi connectivity index (χ3n) is 3.77. The van der Waals surface area contributed by atoms with Crippen molar-refractivity contribution in [2.45, 2.75) is 31.8 Å². The zero-order valence-corrected chi connectivity index (χ0v) is 13.2. The van der Waals surface area contributed by atoms with Crippen molar-refractivity contribution in [1.82, 2.24) is 10.6 Å². The molecule has 2 aliphatic heterocycles. The lowest BCUT2D eigenvalue weighted by molar-refractivity contribution is 0.0919. The molecule has 1 aromatic rings. The third-order valence-corrected chi connectivity index (χ3v) is 4.05. The number of amides is 1. The first kappa shape index (κ1) is 16.2. The Morgan fingerprint density at radius 3 is 3.00 bits per heavy atom. The Bertz CT molecular complexity index is 539. The molecule has 2 N–H and O–H groups in total. The van der Waals surface area contributed by atoms with Crippen molar-refractivity contribution < 1.29 is 14.3 Å². The van der Waals surface area contributed by atoms with Crippen molar-refractivity contribution in [2.75, 3.05) is 13.3 Å². The van der Waals surface area contributed by atoms with Crippen LogP contribution < -0.4 is 20.1 Å². The lowest BCUT2D eigenvalue weighted by Gasteiger charge is -2.30. The molecule has 0 spiro atoms. The number of fused-ring (bicyclic) bond motifs is 1. The van der Waals surface area contributed by atoms with Gasteiger partial charge in [0, 0.05) is 17.6 Å². The second-order valence-corrected chi connectivity index (χ2v) is 5.56. The number of rotatable bonds is 2. The predicted octanol–water partition coefficient (Wildman–Crippen LogP) is 2.36. The van der Waals surface area contributed by atoms with Crippen LogP contribution in [0.15, 0.2) is 12.1 Å². The van der Waals surface area contributed by atoms with Crippen molar-refractivity contribution in [1.29, 1.82) is 0 Å². The Labute approximate surface area is 134 Å². The molecule has 2 unspecified atom stereocenters. The number of hydrogen-bond acceptors (Lipinski definition) is 4. The van der Waals surface area contributed by atoms with Crippen LogP contribution in [0.5, 0.6) is 11.5 Å². The summed E-state index contributed by atoms with van der Waals surface area (Å²) in [6.45, 7) is 3.23. The van der Waals surface area contributed by atoms with E-state index in [0.29, 0.717) is 22.1 Å². The maximum Gasteiger partial charge on any atom is 0.251 e. The van der Waals surface area contributed by atoms with Crippen LogP contribution in [0.1, 0.15) is 30.1 Å². The van der Waals surface area contributed by atoms with Crippen LogP contribution in [-0.4, -0.2) is 31.3 Å². The number of nitrogens with one attached hydrogen (secondary N) is 2. The summed E-state index contributed by atoms with van der Waals surface area (Å²) in [6, 6.07) is 3.70. The highest BCUT2D eigenvalue weighted by Gasteiger charge is 2.25. The van der Waals surface area contributed by atoms with Gasteiger partial charge >= 0.3 is 0 Å². The molecule has 0 radical (unpaired) electrons. The van der Waals surface area contributed by atoms with Gasteiger partial charge < -0.3 is 20.1 Å². The number of ether oxygens (including phenoxy) is 2. The minimum atomic E-state index is -0.134. The largest absolute Gasteiger partial charge is 0.454 e. The Balaban J connectivity index is 0.00000161. The molecule has 3 rings (SSSR count). The van der Waals surface area contributed by atoms with Gasteiger partial charge in [-0.05, 0) is 38.4 Å². The van der Waals surface area contributed by atoms with Gasteiger partial charge in [0.05, 0.1) is 5.02 Å². The summed E-state index contributed by atoms with van der Waals surface area (Å²) in [5.41, 5.74) is 0.497. The molecule has 116 valence electrons. The molecule has 0 aliphatic carbocycles. The summed E-state index contributed by atoms with van der Waals surface area (Å²) >= 11 is 6.09. The molecule has 2 aliphatic rings. The summed E-state index contributed by atoms with van der Waals surface area (Å²) in [6.07, 6.45) is 2.05.